The Bertz CT molecular complexity index is 756. The summed E-state index contributed by atoms with van der Waals surface area (Å²) in [5.41, 5.74) is 1.61. The summed E-state index contributed by atoms with van der Waals surface area (Å²) < 4.78 is 6.13. The van der Waals surface area contributed by atoms with Gasteiger partial charge in [0.15, 0.2) is 0 Å². The van der Waals surface area contributed by atoms with Gasteiger partial charge in [-0.2, -0.15) is 4.98 Å². The van der Waals surface area contributed by atoms with Crippen molar-refractivity contribution in [2.45, 2.75) is 13.3 Å². The SMILES string of the molecule is CCNCCc1nc(-c2nc3ccccc3cc2Br)no1. The van der Waals surface area contributed by atoms with Gasteiger partial charge in [0.2, 0.25) is 11.7 Å². The Morgan fingerprint density at radius 2 is 2.10 bits per heavy atom. The molecule has 0 saturated carbocycles. The monoisotopic (exact) mass is 346 g/mol. The van der Waals surface area contributed by atoms with E-state index < -0.39 is 0 Å². The number of likely N-dealkylation sites (N-methyl/N-ethyl adjacent to an activating group) is 1. The molecule has 0 aliphatic carbocycles. The van der Waals surface area contributed by atoms with Crippen LogP contribution in [0.25, 0.3) is 22.4 Å². The number of halogens is 1. The second-order valence-corrected chi connectivity index (χ2v) is 5.48. The molecular formula is C15H15BrN4O. The van der Waals surface area contributed by atoms with E-state index in [9.17, 15) is 0 Å². The van der Waals surface area contributed by atoms with Crippen molar-refractivity contribution < 1.29 is 4.52 Å². The molecule has 108 valence electrons. The van der Waals surface area contributed by atoms with Crippen molar-refractivity contribution in [1.82, 2.24) is 20.4 Å². The molecule has 0 unspecified atom stereocenters. The first-order chi connectivity index (χ1) is 10.3. The number of hydrogen-bond acceptors (Lipinski definition) is 5. The molecule has 2 heterocycles. The van der Waals surface area contributed by atoms with Gasteiger partial charge in [-0.05, 0) is 34.6 Å². The van der Waals surface area contributed by atoms with Crippen LogP contribution in [0.3, 0.4) is 0 Å². The van der Waals surface area contributed by atoms with E-state index >= 15 is 0 Å². The van der Waals surface area contributed by atoms with E-state index in [4.69, 9.17) is 4.52 Å². The predicted octanol–water partition coefficient (Wildman–Crippen LogP) is 3.20. The molecule has 1 N–H and O–H groups in total. The van der Waals surface area contributed by atoms with E-state index in [2.05, 4.69) is 43.3 Å². The van der Waals surface area contributed by atoms with Crippen molar-refractivity contribution in [1.29, 1.82) is 0 Å². The highest BCUT2D eigenvalue weighted by atomic mass is 79.9. The highest BCUT2D eigenvalue weighted by Crippen LogP contribution is 2.27. The fourth-order valence-electron chi connectivity index (χ4n) is 2.07. The molecule has 0 aliphatic rings. The van der Waals surface area contributed by atoms with Crippen LogP contribution in [0.15, 0.2) is 39.3 Å². The third-order valence-corrected chi connectivity index (χ3v) is 3.73. The Morgan fingerprint density at radius 3 is 2.95 bits per heavy atom. The zero-order valence-corrected chi connectivity index (χ0v) is 13.2. The van der Waals surface area contributed by atoms with E-state index in [1.54, 1.807) is 0 Å². The summed E-state index contributed by atoms with van der Waals surface area (Å²) in [5.74, 6) is 1.13. The third kappa shape index (κ3) is 3.11. The number of hydrogen-bond donors (Lipinski definition) is 1. The van der Waals surface area contributed by atoms with E-state index in [0.717, 1.165) is 28.5 Å². The second-order valence-electron chi connectivity index (χ2n) is 4.63. The lowest BCUT2D eigenvalue weighted by molar-refractivity contribution is 0.376. The summed E-state index contributed by atoms with van der Waals surface area (Å²) in [6.45, 7) is 3.82. The molecule has 2 aromatic heterocycles. The second kappa shape index (κ2) is 6.32. The van der Waals surface area contributed by atoms with Crippen LogP contribution in [-0.4, -0.2) is 28.2 Å². The van der Waals surface area contributed by atoms with Crippen molar-refractivity contribution in [2.75, 3.05) is 13.1 Å². The van der Waals surface area contributed by atoms with E-state index in [0.29, 0.717) is 23.8 Å². The van der Waals surface area contributed by atoms with Gasteiger partial charge in [0.1, 0.15) is 5.69 Å². The molecular weight excluding hydrogens is 332 g/mol. The molecule has 0 atom stereocenters. The normalized spacial score (nSPS) is 11.1. The van der Waals surface area contributed by atoms with Crippen LogP contribution in [0.5, 0.6) is 0 Å². The zero-order chi connectivity index (χ0) is 14.7. The average Bonchev–Trinajstić information content (AvgIpc) is 2.95. The number of aromatic nitrogens is 3. The number of para-hydroxylation sites is 1. The van der Waals surface area contributed by atoms with Gasteiger partial charge in [-0.3, -0.25) is 0 Å². The van der Waals surface area contributed by atoms with Gasteiger partial charge in [-0.15, -0.1) is 0 Å². The van der Waals surface area contributed by atoms with Crippen LogP contribution in [-0.2, 0) is 6.42 Å². The first-order valence-electron chi connectivity index (χ1n) is 6.87. The molecule has 0 aliphatic heterocycles. The topological polar surface area (TPSA) is 63.8 Å². The average molecular weight is 347 g/mol. The molecule has 3 rings (SSSR count). The summed E-state index contributed by atoms with van der Waals surface area (Å²) in [6, 6.07) is 9.97. The molecule has 0 amide bonds. The number of nitrogens with one attached hydrogen (secondary N) is 1. The van der Waals surface area contributed by atoms with Crippen LogP contribution in [0.4, 0.5) is 0 Å². The summed E-state index contributed by atoms with van der Waals surface area (Å²) in [5, 5.41) is 8.33. The number of benzene rings is 1. The Balaban J connectivity index is 1.91. The zero-order valence-electron chi connectivity index (χ0n) is 11.6. The summed E-state index contributed by atoms with van der Waals surface area (Å²) in [4.78, 5) is 9.02. The lowest BCUT2D eigenvalue weighted by atomic mass is 10.2. The smallest absolute Gasteiger partial charge is 0.228 e. The first kappa shape index (κ1) is 14.2. The number of pyridine rings is 1. The first-order valence-corrected chi connectivity index (χ1v) is 7.66. The van der Waals surface area contributed by atoms with E-state index in [-0.39, 0.29) is 0 Å². The molecule has 0 radical (unpaired) electrons. The fourth-order valence-corrected chi connectivity index (χ4v) is 2.58. The van der Waals surface area contributed by atoms with Crippen LogP contribution in [0.2, 0.25) is 0 Å². The summed E-state index contributed by atoms with van der Waals surface area (Å²) in [6.07, 6.45) is 0.714. The van der Waals surface area contributed by atoms with E-state index in [1.807, 2.05) is 30.3 Å². The summed E-state index contributed by atoms with van der Waals surface area (Å²) >= 11 is 3.53. The largest absolute Gasteiger partial charge is 0.339 e. The molecule has 1 aromatic carbocycles. The molecule has 5 nitrogen and oxygen atoms in total. The van der Waals surface area contributed by atoms with Crippen LogP contribution in [0, 0.1) is 0 Å². The van der Waals surface area contributed by atoms with Gasteiger partial charge in [-0.1, -0.05) is 30.3 Å². The summed E-state index contributed by atoms with van der Waals surface area (Å²) in [7, 11) is 0. The Morgan fingerprint density at radius 1 is 1.24 bits per heavy atom. The quantitative estimate of drug-likeness (QED) is 0.718. The minimum Gasteiger partial charge on any atom is -0.339 e. The maximum Gasteiger partial charge on any atom is 0.228 e. The minimum absolute atomic E-state index is 0.513. The highest BCUT2D eigenvalue weighted by molar-refractivity contribution is 9.10. The Labute approximate surface area is 130 Å². The Hall–Kier alpha value is -1.79. The van der Waals surface area contributed by atoms with Crippen molar-refractivity contribution in [3.63, 3.8) is 0 Å². The van der Waals surface area contributed by atoms with Crippen LogP contribution in [0.1, 0.15) is 12.8 Å². The standard InChI is InChI=1S/C15H15BrN4O/c1-2-17-8-7-13-19-15(20-21-13)14-11(16)9-10-5-3-4-6-12(10)18-14/h3-6,9,17H,2,7-8H2,1H3. The molecule has 0 bridgehead atoms. The highest BCUT2D eigenvalue weighted by Gasteiger charge is 2.14. The third-order valence-electron chi connectivity index (χ3n) is 3.12. The minimum atomic E-state index is 0.513. The lowest BCUT2D eigenvalue weighted by Crippen LogP contribution is -2.16. The molecule has 21 heavy (non-hydrogen) atoms. The van der Waals surface area contributed by atoms with Gasteiger partial charge in [0.25, 0.3) is 0 Å². The van der Waals surface area contributed by atoms with Gasteiger partial charge in [-0.25, -0.2) is 4.98 Å². The van der Waals surface area contributed by atoms with Gasteiger partial charge in [0.05, 0.1) is 5.52 Å². The lowest BCUT2D eigenvalue weighted by Gasteiger charge is -2.02. The maximum atomic E-state index is 5.27. The van der Waals surface area contributed by atoms with Crippen molar-refractivity contribution in [3.05, 3.63) is 40.7 Å². The molecule has 0 fully saturated rings. The van der Waals surface area contributed by atoms with Gasteiger partial charge < -0.3 is 9.84 Å². The van der Waals surface area contributed by atoms with Crippen molar-refractivity contribution >= 4 is 26.8 Å². The van der Waals surface area contributed by atoms with Crippen molar-refractivity contribution in [2.24, 2.45) is 0 Å². The fraction of sp³-hybridized carbons (Fsp3) is 0.267. The predicted molar refractivity (Wildman–Crippen MR) is 85.0 cm³/mol. The van der Waals surface area contributed by atoms with Crippen LogP contribution < -0.4 is 5.32 Å². The number of nitrogens with zero attached hydrogens (tertiary/aromatic N) is 3. The van der Waals surface area contributed by atoms with Crippen molar-refractivity contribution in [3.8, 4) is 11.5 Å². The molecule has 0 spiro atoms. The number of rotatable bonds is 5. The molecule has 3 aromatic rings. The maximum absolute atomic E-state index is 5.27. The Kier molecular flexibility index (Phi) is 4.26. The van der Waals surface area contributed by atoms with Gasteiger partial charge in [0, 0.05) is 22.8 Å². The van der Waals surface area contributed by atoms with Gasteiger partial charge >= 0.3 is 0 Å². The van der Waals surface area contributed by atoms with E-state index in [1.165, 1.54) is 0 Å². The van der Waals surface area contributed by atoms with Crippen LogP contribution >= 0.6 is 15.9 Å². The molecule has 0 saturated heterocycles. The number of fused-ring (bicyclic) bond motifs is 1. The molecule has 6 heteroatoms.